The van der Waals surface area contributed by atoms with E-state index in [2.05, 4.69) is 9.47 Å². The predicted octanol–water partition coefficient (Wildman–Crippen LogP) is 7.40. The number of rotatable bonds is 33. The summed E-state index contributed by atoms with van der Waals surface area (Å²) >= 11 is 0. The van der Waals surface area contributed by atoms with Crippen molar-refractivity contribution in [2.24, 2.45) is 0 Å². The van der Waals surface area contributed by atoms with Gasteiger partial charge in [-0.15, -0.1) is 0 Å². The van der Waals surface area contributed by atoms with E-state index in [-0.39, 0.29) is 45.9 Å². The van der Waals surface area contributed by atoms with Crippen LogP contribution in [0.5, 0.6) is 0 Å². The fourth-order valence-electron chi connectivity index (χ4n) is 3.84. The fourth-order valence-corrected chi connectivity index (χ4v) is 3.84. The number of alkyl halides is 11. The van der Waals surface area contributed by atoms with Gasteiger partial charge >= 0.3 is 35.8 Å². The molecule has 51 heavy (non-hydrogen) atoms. The molecular weight excluding hydrogens is 725 g/mol. The quantitative estimate of drug-likeness (QED) is 0.0223. The highest BCUT2D eigenvalue weighted by molar-refractivity contribution is 5.82. The third-order valence-corrected chi connectivity index (χ3v) is 6.74. The second-order valence-electron chi connectivity index (χ2n) is 10.8. The molecular formula is C31H49F11O9. The molecule has 0 rings (SSSR count). The van der Waals surface area contributed by atoms with Crippen molar-refractivity contribution in [3.05, 3.63) is 11.8 Å². The Morgan fingerprint density at radius 3 is 1.27 bits per heavy atom. The van der Waals surface area contributed by atoms with E-state index in [1.54, 1.807) is 7.11 Å². The molecule has 0 saturated carbocycles. The number of ether oxygens (including phenoxy) is 8. The fraction of sp³-hybridized carbons (Fsp3) is 0.903. The summed E-state index contributed by atoms with van der Waals surface area (Å²) in [7, 11) is 1.56. The molecule has 0 atom stereocenters. The summed E-state index contributed by atoms with van der Waals surface area (Å²) in [6.45, 7) is 2.79. The first-order valence-electron chi connectivity index (χ1n) is 16.4. The van der Waals surface area contributed by atoms with Crippen molar-refractivity contribution in [2.45, 2.75) is 88.2 Å². The van der Waals surface area contributed by atoms with E-state index >= 15 is 0 Å². The van der Waals surface area contributed by atoms with Gasteiger partial charge in [0.1, 0.15) is 6.61 Å². The predicted molar refractivity (Wildman–Crippen MR) is 159 cm³/mol. The van der Waals surface area contributed by atoms with Crippen molar-refractivity contribution in [1.82, 2.24) is 0 Å². The Bertz CT molecular complexity index is 937. The second kappa shape index (κ2) is 25.9. The van der Waals surface area contributed by atoms with Crippen LogP contribution in [-0.2, 0) is 42.7 Å². The summed E-state index contributed by atoms with van der Waals surface area (Å²) in [4.78, 5) is 12.1. The Morgan fingerprint density at radius 2 is 0.863 bits per heavy atom. The highest BCUT2D eigenvalue weighted by Crippen LogP contribution is 2.58. The Balaban J connectivity index is 4.91. The molecule has 0 amide bonds. The van der Waals surface area contributed by atoms with Crippen LogP contribution in [0.25, 0.3) is 0 Å². The van der Waals surface area contributed by atoms with Crippen molar-refractivity contribution >= 4 is 5.97 Å². The molecule has 304 valence electrons. The molecule has 0 radical (unpaired) electrons. The Labute approximate surface area is 290 Å². The molecule has 20 heteroatoms. The van der Waals surface area contributed by atoms with Crippen LogP contribution >= 0.6 is 0 Å². The number of halogens is 11. The number of hydrogen-bond donors (Lipinski definition) is 0. The van der Waals surface area contributed by atoms with Crippen molar-refractivity contribution in [2.75, 3.05) is 93.0 Å². The van der Waals surface area contributed by atoms with Crippen LogP contribution in [0, 0.1) is 0 Å². The first-order chi connectivity index (χ1) is 23.9. The van der Waals surface area contributed by atoms with Crippen LogP contribution < -0.4 is 0 Å². The van der Waals surface area contributed by atoms with Crippen LogP contribution in [-0.4, -0.2) is 129 Å². The van der Waals surface area contributed by atoms with Gasteiger partial charge in [-0.1, -0.05) is 51.9 Å². The van der Waals surface area contributed by atoms with Gasteiger partial charge in [-0.25, -0.2) is 4.79 Å². The molecule has 0 saturated heterocycles. The summed E-state index contributed by atoms with van der Waals surface area (Å²) in [6, 6.07) is 0. The number of allylic oxidation sites excluding steroid dienone is 1. The molecule has 0 aromatic carbocycles. The number of carbonyl (C=O) groups is 1. The number of carbonyl (C=O) groups excluding carboxylic acids is 1. The maximum Gasteiger partial charge on any atom is 0.460 e. The van der Waals surface area contributed by atoms with Gasteiger partial charge in [0.2, 0.25) is 0 Å². The molecule has 0 aromatic rings. The Hall–Kier alpha value is -2.00. The summed E-state index contributed by atoms with van der Waals surface area (Å²) in [5.74, 6) is -33.6. The monoisotopic (exact) mass is 774 g/mol. The zero-order valence-electron chi connectivity index (χ0n) is 28.8. The molecule has 0 aromatic heterocycles. The van der Waals surface area contributed by atoms with Gasteiger partial charge in [-0.2, -0.15) is 48.3 Å². The highest BCUT2D eigenvalue weighted by atomic mass is 19.4. The normalized spacial score (nSPS) is 13.5. The van der Waals surface area contributed by atoms with E-state index in [0.717, 1.165) is 25.7 Å². The van der Waals surface area contributed by atoms with E-state index in [1.807, 2.05) is 6.92 Å². The van der Waals surface area contributed by atoms with Gasteiger partial charge in [0.05, 0.1) is 85.4 Å². The average molecular weight is 775 g/mol. The molecule has 0 heterocycles. The van der Waals surface area contributed by atoms with Gasteiger partial charge in [-0.3, -0.25) is 0 Å². The zero-order valence-corrected chi connectivity index (χ0v) is 28.8. The lowest BCUT2D eigenvalue weighted by Crippen LogP contribution is -2.66. The summed E-state index contributed by atoms with van der Waals surface area (Å²) in [5.41, 5.74) is 0. The van der Waals surface area contributed by atoms with E-state index < -0.39 is 60.9 Å². The van der Waals surface area contributed by atoms with Crippen LogP contribution in [0.2, 0.25) is 0 Å². The van der Waals surface area contributed by atoms with Crippen molar-refractivity contribution in [3.63, 3.8) is 0 Å². The molecule has 0 spiro atoms. The standard InChI is InChI=1S/C31H49F11O9/c1-3-4-5-6-7-8-9-10-11-50-25(27(32,33)28(34,35)29(36,37)30(38,39)31(40,41)42)24-26(43)51-23-22-49-21-20-48-19-18-47-17-16-46-15-14-45-13-12-44-2/h24H,3-23H2,1-2H3/b25-24-. The number of methoxy groups -OCH3 is 1. The highest BCUT2D eigenvalue weighted by Gasteiger charge is 2.88. The first-order valence-corrected chi connectivity index (χ1v) is 16.4. The summed E-state index contributed by atoms with van der Waals surface area (Å²) < 4.78 is 190. The number of hydrogen-bond acceptors (Lipinski definition) is 9. The van der Waals surface area contributed by atoms with Crippen LogP contribution in [0.3, 0.4) is 0 Å². The van der Waals surface area contributed by atoms with Gasteiger partial charge in [0.15, 0.2) is 5.76 Å². The minimum atomic E-state index is -7.66. The molecule has 0 fully saturated rings. The first kappa shape index (κ1) is 49.0. The van der Waals surface area contributed by atoms with E-state index in [0.29, 0.717) is 52.5 Å². The van der Waals surface area contributed by atoms with E-state index in [4.69, 9.17) is 28.4 Å². The van der Waals surface area contributed by atoms with Crippen molar-refractivity contribution in [3.8, 4) is 0 Å². The molecule has 0 aliphatic heterocycles. The molecule has 0 aliphatic carbocycles. The molecule has 9 nitrogen and oxygen atoms in total. The van der Waals surface area contributed by atoms with Crippen LogP contribution in [0.15, 0.2) is 11.8 Å². The molecule has 0 aliphatic rings. The summed E-state index contributed by atoms with van der Waals surface area (Å²) in [6.07, 6.45) is -2.70. The van der Waals surface area contributed by atoms with E-state index in [1.165, 1.54) is 0 Å². The third kappa shape index (κ3) is 18.1. The van der Waals surface area contributed by atoms with E-state index in [9.17, 15) is 53.1 Å². The maximum atomic E-state index is 14.8. The number of esters is 1. The lowest BCUT2D eigenvalue weighted by Gasteiger charge is -2.37. The lowest BCUT2D eigenvalue weighted by molar-refractivity contribution is -0.420. The van der Waals surface area contributed by atoms with Gasteiger partial charge in [0, 0.05) is 7.11 Å². The SMILES string of the molecule is CCCCCCCCCCO/C(=C\C(=O)OCCOCCOCCOCCOCCOCCOC)C(F)(F)C(F)(F)C(F)(F)C(F)(F)C(F)(F)F. The second-order valence-corrected chi connectivity index (χ2v) is 10.8. The van der Waals surface area contributed by atoms with Gasteiger partial charge < -0.3 is 37.9 Å². The van der Waals surface area contributed by atoms with Gasteiger partial charge in [-0.05, 0) is 6.42 Å². The van der Waals surface area contributed by atoms with Crippen LogP contribution in [0.4, 0.5) is 48.3 Å². The Kier molecular flexibility index (Phi) is 24.9. The molecule has 0 N–H and O–H groups in total. The largest absolute Gasteiger partial charge is 0.491 e. The van der Waals surface area contributed by atoms with Crippen molar-refractivity contribution < 1.29 is 91.0 Å². The smallest absolute Gasteiger partial charge is 0.460 e. The lowest BCUT2D eigenvalue weighted by atomic mass is 9.96. The minimum absolute atomic E-state index is 0.0430. The number of unbranched alkanes of at least 4 members (excludes halogenated alkanes) is 7. The van der Waals surface area contributed by atoms with Crippen LogP contribution in [0.1, 0.15) is 58.3 Å². The topological polar surface area (TPSA) is 90.9 Å². The maximum absolute atomic E-state index is 14.8. The third-order valence-electron chi connectivity index (χ3n) is 6.74. The van der Waals surface area contributed by atoms with Gasteiger partial charge in [0.25, 0.3) is 0 Å². The zero-order chi connectivity index (χ0) is 38.9. The molecule has 0 unspecified atom stereocenters. The molecule has 0 bridgehead atoms. The average Bonchev–Trinajstić information content (AvgIpc) is 3.05. The summed E-state index contributed by atoms with van der Waals surface area (Å²) in [5, 5.41) is 0. The van der Waals surface area contributed by atoms with Crippen molar-refractivity contribution in [1.29, 1.82) is 0 Å². The minimum Gasteiger partial charge on any atom is -0.491 e. The Morgan fingerprint density at radius 1 is 0.471 bits per heavy atom.